The lowest BCUT2D eigenvalue weighted by Gasteiger charge is -2.21. The van der Waals surface area contributed by atoms with E-state index in [0.717, 1.165) is 41.3 Å². The van der Waals surface area contributed by atoms with Crippen LogP contribution in [0.3, 0.4) is 0 Å². The van der Waals surface area contributed by atoms with E-state index in [2.05, 4.69) is 53.0 Å². The Morgan fingerprint density at radius 2 is 1.65 bits per heavy atom. The van der Waals surface area contributed by atoms with Crippen LogP contribution in [0.1, 0.15) is 44.2 Å². The third-order valence-electron chi connectivity index (χ3n) is 6.88. The van der Waals surface area contributed by atoms with Gasteiger partial charge in [-0.25, -0.2) is 13.1 Å². The van der Waals surface area contributed by atoms with E-state index < -0.39 is 10.0 Å². The predicted molar refractivity (Wildman–Crippen MR) is 138 cm³/mol. The van der Waals surface area contributed by atoms with Crippen molar-refractivity contribution in [2.45, 2.75) is 43.5 Å². The third kappa shape index (κ3) is 4.77. The molecule has 1 fully saturated rings. The summed E-state index contributed by atoms with van der Waals surface area (Å²) in [7, 11) is -3.76. The second-order valence-electron chi connectivity index (χ2n) is 9.22. The number of sulfonamides is 1. The highest BCUT2D eigenvalue weighted by atomic mass is 32.2. The van der Waals surface area contributed by atoms with Crippen molar-refractivity contribution in [1.29, 1.82) is 0 Å². The smallest absolute Gasteiger partial charge is 0.243 e. The van der Waals surface area contributed by atoms with Crippen LogP contribution in [-0.2, 0) is 10.0 Å². The zero-order chi connectivity index (χ0) is 23.5. The fraction of sp³-hybridized carbons (Fsp3) is 0.276. The Bertz CT molecular complexity index is 1360. The molecule has 1 aromatic heterocycles. The van der Waals surface area contributed by atoms with E-state index in [0.29, 0.717) is 17.4 Å². The summed E-state index contributed by atoms with van der Waals surface area (Å²) in [6.45, 7) is 2.20. The SMILES string of the molecule is CCCC[C@@H]1C[C@@H]1C(NS(=O)(=O)c1cccc2cccnc12)c1ccc(-c2ccccc2)cc1. The topological polar surface area (TPSA) is 59.1 Å². The van der Waals surface area contributed by atoms with Gasteiger partial charge in [-0.1, -0.05) is 99.0 Å². The molecule has 0 radical (unpaired) electrons. The average molecular weight is 471 g/mol. The lowest BCUT2D eigenvalue weighted by molar-refractivity contribution is 0.491. The molecular formula is C29H30N2O2S. The predicted octanol–water partition coefficient (Wildman–Crippen LogP) is 6.75. The second kappa shape index (κ2) is 9.69. The first-order chi connectivity index (χ1) is 16.6. The number of benzene rings is 3. The lowest BCUT2D eigenvalue weighted by atomic mass is 9.97. The summed E-state index contributed by atoms with van der Waals surface area (Å²) in [5.74, 6) is 0.874. The number of nitrogens with one attached hydrogen (secondary N) is 1. The van der Waals surface area contributed by atoms with E-state index in [9.17, 15) is 8.42 Å². The molecule has 3 aromatic carbocycles. The Labute approximate surface area is 202 Å². The van der Waals surface area contributed by atoms with Crippen molar-refractivity contribution in [3.8, 4) is 11.1 Å². The molecule has 1 N–H and O–H groups in total. The fourth-order valence-corrected chi connectivity index (χ4v) is 6.37. The summed E-state index contributed by atoms with van der Waals surface area (Å²) in [6, 6.07) is 27.4. The van der Waals surface area contributed by atoms with E-state index in [1.165, 1.54) is 6.42 Å². The second-order valence-corrected chi connectivity index (χ2v) is 10.9. The average Bonchev–Trinajstić information content (AvgIpc) is 3.66. The molecule has 0 bridgehead atoms. The highest BCUT2D eigenvalue weighted by molar-refractivity contribution is 7.89. The number of para-hydroxylation sites is 1. The molecular weight excluding hydrogens is 440 g/mol. The van der Waals surface area contributed by atoms with Gasteiger partial charge in [0, 0.05) is 11.6 Å². The quantitative estimate of drug-likeness (QED) is 0.294. The monoisotopic (exact) mass is 470 g/mol. The molecule has 0 amide bonds. The summed E-state index contributed by atoms with van der Waals surface area (Å²) in [4.78, 5) is 4.61. The largest absolute Gasteiger partial charge is 0.255 e. The molecule has 4 aromatic rings. The van der Waals surface area contributed by atoms with Crippen LogP contribution in [0.4, 0.5) is 0 Å². The van der Waals surface area contributed by atoms with Gasteiger partial charge in [-0.3, -0.25) is 4.98 Å². The van der Waals surface area contributed by atoms with E-state index in [1.54, 1.807) is 18.3 Å². The molecule has 3 atom stereocenters. The van der Waals surface area contributed by atoms with Crippen LogP contribution in [0.25, 0.3) is 22.0 Å². The summed E-state index contributed by atoms with van der Waals surface area (Å²) in [5.41, 5.74) is 3.80. The van der Waals surface area contributed by atoms with Gasteiger partial charge in [0.15, 0.2) is 0 Å². The van der Waals surface area contributed by atoms with Gasteiger partial charge < -0.3 is 0 Å². The van der Waals surface area contributed by atoms with Crippen LogP contribution in [0, 0.1) is 11.8 Å². The fourth-order valence-electron chi connectivity index (χ4n) is 4.92. The molecule has 1 aliphatic carbocycles. The first-order valence-corrected chi connectivity index (χ1v) is 13.6. The number of rotatable bonds is 9. The molecule has 0 saturated heterocycles. The molecule has 0 spiro atoms. The third-order valence-corrected chi connectivity index (χ3v) is 8.35. The number of nitrogens with zero attached hydrogens (tertiary/aromatic N) is 1. The van der Waals surface area contributed by atoms with Crippen LogP contribution < -0.4 is 4.72 Å². The van der Waals surface area contributed by atoms with Crippen molar-refractivity contribution < 1.29 is 8.42 Å². The maximum absolute atomic E-state index is 13.6. The van der Waals surface area contributed by atoms with Gasteiger partial charge in [0.1, 0.15) is 4.90 Å². The van der Waals surface area contributed by atoms with E-state index in [4.69, 9.17) is 0 Å². The van der Waals surface area contributed by atoms with Gasteiger partial charge in [0.25, 0.3) is 0 Å². The number of fused-ring (bicyclic) bond motifs is 1. The molecule has 1 heterocycles. The molecule has 34 heavy (non-hydrogen) atoms. The van der Waals surface area contributed by atoms with Crippen molar-refractivity contribution in [2.24, 2.45) is 11.8 Å². The summed E-state index contributed by atoms with van der Waals surface area (Å²) in [5, 5.41) is 0.821. The number of pyridine rings is 1. The van der Waals surface area contributed by atoms with Crippen LogP contribution in [0.15, 0.2) is 96.0 Å². The zero-order valence-electron chi connectivity index (χ0n) is 19.4. The Morgan fingerprint density at radius 3 is 2.41 bits per heavy atom. The van der Waals surface area contributed by atoms with Crippen molar-refractivity contribution in [3.05, 3.63) is 96.7 Å². The number of aromatic nitrogens is 1. The molecule has 5 rings (SSSR count). The minimum absolute atomic E-state index is 0.238. The highest BCUT2D eigenvalue weighted by Gasteiger charge is 2.44. The molecule has 1 saturated carbocycles. The summed E-state index contributed by atoms with van der Waals surface area (Å²) in [6.07, 6.45) is 6.19. The van der Waals surface area contributed by atoms with Crippen LogP contribution in [-0.4, -0.2) is 13.4 Å². The van der Waals surface area contributed by atoms with E-state index >= 15 is 0 Å². The van der Waals surface area contributed by atoms with Crippen LogP contribution in [0.2, 0.25) is 0 Å². The normalized spacial score (nSPS) is 18.6. The highest BCUT2D eigenvalue weighted by Crippen LogP contribution is 2.50. The number of hydrogen-bond donors (Lipinski definition) is 1. The van der Waals surface area contributed by atoms with Gasteiger partial charge in [-0.05, 0) is 47.1 Å². The first-order valence-electron chi connectivity index (χ1n) is 12.1. The standard InChI is InChI=1S/C29H30N2O2S/c1-2-3-9-25-20-26(25)28(24-17-15-22(16-18-24)21-10-5-4-6-11-21)31-34(32,33)27-14-7-12-23-13-8-19-30-29(23)27/h4-8,10-19,25-26,28,31H,2-3,9,20H2,1H3/t25-,26+,28?/m1/s1. The maximum Gasteiger partial charge on any atom is 0.243 e. The first kappa shape index (κ1) is 22.8. The molecule has 174 valence electrons. The molecule has 0 aliphatic heterocycles. The van der Waals surface area contributed by atoms with Crippen molar-refractivity contribution in [1.82, 2.24) is 9.71 Å². The van der Waals surface area contributed by atoms with E-state index in [1.807, 2.05) is 36.4 Å². The Hall–Kier alpha value is -3.02. The summed E-state index contributed by atoms with van der Waals surface area (Å²) >= 11 is 0. The summed E-state index contributed by atoms with van der Waals surface area (Å²) < 4.78 is 30.3. The zero-order valence-corrected chi connectivity index (χ0v) is 20.2. The van der Waals surface area contributed by atoms with Gasteiger partial charge >= 0.3 is 0 Å². The van der Waals surface area contributed by atoms with E-state index in [-0.39, 0.29) is 10.9 Å². The maximum atomic E-state index is 13.6. The number of unbranched alkanes of at least 4 members (excludes halogenated alkanes) is 1. The van der Waals surface area contributed by atoms with Crippen LogP contribution >= 0.6 is 0 Å². The number of hydrogen-bond acceptors (Lipinski definition) is 3. The molecule has 4 nitrogen and oxygen atoms in total. The van der Waals surface area contributed by atoms with Crippen molar-refractivity contribution in [2.75, 3.05) is 0 Å². The minimum atomic E-state index is -3.76. The lowest BCUT2D eigenvalue weighted by Crippen LogP contribution is -2.30. The minimum Gasteiger partial charge on any atom is -0.255 e. The Balaban J connectivity index is 1.47. The Morgan fingerprint density at radius 1 is 0.912 bits per heavy atom. The Kier molecular flexibility index (Phi) is 6.48. The molecule has 1 unspecified atom stereocenters. The molecule has 1 aliphatic rings. The van der Waals surface area contributed by atoms with Crippen molar-refractivity contribution in [3.63, 3.8) is 0 Å². The van der Waals surface area contributed by atoms with Gasteiger partial charge in [-0.2, -0.15) is 0 Å². The van der Waals surface area contributed by atoms with Crippen molar-refractivity contribution >= 4 is 20.9 Å². The van der Waals surface area contributed by atoms with Gasteiger partial charge in [0.2, 0.25) is 10.0 Å². The van der Waals surface area contributed by atoms with Crippen LogP contribution in [0.5, 0.6) is 0 Å². The van der Waals surface area contributed by atoms with Gasteiger partial charge in [0.05, 0.1) is 11.6 Å². The molecule has 5 heteroatoms. The van der Waals surface area contributed by atoms with Gasteiger partial charge in [-0.15, -0.1) is 0 Å².